The lowest BCUT2D eigenvalue weighted by Gasteiger charge is -2.11. The molecule has 0 fully saturated rings. The lowest BCUT2D eigenvalue weighted by Crippen LogP contribution is -2.00. The fraction of sp³-hybridized carbons (Fsp3) is 0.227. The largest absolute Gasteiger partial charge is 0.318 e. The molecule has 1 heterocycles. The van der Waals surface area contributed by atoms with E-state index in [-0.39, 0.29) is 0 Å². The Morgan fingerprint density at radius 2 is 1.54 bits per heavy atom. The Hall–Kier alpha value is -2.61. The third-order valence-corrected chi connectivity index (χ3v) is 4.68. The fourth-order valence-electron chi connectivity index (χ4n) is 3.03. The van der Waals surface area contributed by atoms with Crippen LogP contribution in [0.4, 0.5) is 5.69 Å². The molecular weight excluding hydrogens is 292 g/mol. The second-order valence-electron chi connectivity index (χ2n) is 6.48. The summed E-state index contributed by atoms with van der Waals surface area (Å²) in [5.74, 6) is 0. The van der Waals surface area contributed by atoms with Crippen molar-refractivity contribution in [1.29, 1.82) is 0 Å². The normalized spacial score (nSPS) is 11.4. The molecule has 2 heteroatoms. The van der Waals surface area contributed by atoms with Crippen LogP contribution in [0.3, 0.4) is 0 Å². The molecule has 0 amide bonds. The maximum atomic E-state index is 4.68. The molecule has 2 aromatic carbocycles. The van der Waals surface area contributed by atoms with E-state index in [1.807, 2.05) is 24.4 Å². The molecule has 3 rings (SSSR count). The van der Waals surface area contributed by atoms with Gasteiger partial charge in [-0.15, -0.1) is 0 Å². The first-order valence-electron chi connectivity index (χ1n) is 8.33. The van der Waals surface area contributed by atoms with E-state index in [4.69, 9.17) is 0 Å². The summed E-state index contributed by atoms with van der Waals surface area (Å²) in [6.45, 7) is 10.7. The number of benzene rings is 2. The molecule has 3 aromatic rings. The van der Waals surface area contributed by atoms with Gasteiger partial charge >= 0.3 is 0 Å². The molecule has 0 radical (unpaired) electrons. The molecule has 122 valence electrons. The monoisotopic (exact) mass is 316 g/mol. The van der Waals surface area contributed by atoms with Crippen LogP contribution in [0, 0.1) is 34.6 Å². The summed E-state index contributed by atoms with van der Waals surface area (Å²) in [5.41, 5.74) is 9.66. The Balaban J connectivity index is 2.00. The summed E-state index contributed by atoms with van der Waals surface area (Å²) in [4.78, 5) is 4.68. The summed E-state index contributed by atoms with van der Waals surface area (Å²) >= 11 is 0. The fourth-order valence-corrected chi connectivity index (χ4v) is 3.03. The van der Waals surface area contributed by atoms with Crippen molar-refractivity contribution in [2.24, 2.45) is 4.99 Å². The Bertz CT molecular complexity index is 914. The van der Waals surface area contributed by atoms with Crippen LogP contribution < -0.4 is 0 Å². The molecule has 0 atom stereocenters. The number of nitrogens with zero attached hydrogens (tertiary/aromatic N) is 2. The van der Waals surface area contributed by atoms with Crippen LogP contribution >= 0.6 is 0 Å². The van der Waals surface area contributed by atoms with Gasteiger partial charge in [-0.1, -0.05) is 24.3 Å². The van der Waals surface area contributed by atoms with Crippen molar-refractivity contribution in [2.75, 3.05) is 0 Å². The average Bonchev–Trinajstić information content (AvgIpc) is 2.83. The average molecular weight is 316 g/mol. The number of hydrogen-bond donors (Lipinski definition) is 0. The van der Waals surface area contributed by atoms with E-state index in [0.717, 1.165) is 11.3 Å². The lowest BCUT2D eigenvalue weighted by atomic mass is 10.1. The second kappa shape index (κ2) is 6.48. The maximum absolute atomic E-state index is 4.68. The number of aryl methyl sites for hydroxylation is 4. The van der Waals surface area contributed by atoms with Crippen LogP contribution in [0.15, 0.2) is 53.5 Å². The molecule has 0 saturated heterocycles. The highest BCUT2D eigenvalue weighted by Crippen LogP contribution is 2.23. The molecule has 2 nitrogen and oxygen atoms in total. The quantitative estimate of drug-likeness (QED) is 0.546. The first kappa shape index (κ1) is 16.3. The summed E-state index contributed by atoms with van der Waals surface area (Å²) in [7, 11) is 0. The summed E-state index contributed by atoms with van der Waals surface area (Å²) in [6.07, 6.45) is 1.97. The van der Waals surface area contributed by atoms with Gasteiger partial charge in [0.1, 0.15) is 0 Å². The van der Waals surface area contributed by atoms with Gasteiger partial charge in [-0.25, -0.2) is 0 Å². The van der Waals surface area contributed by atoms with Crippen molar-refractivity contribution in [1.82, 2.24) is 4.57 Å². The third kappa shape index (κ3) is 3.05. The van der Waals surface area contributed by atoms with Crippen molar-refractivity contribution in [3.63, 3.8) is 0 Å². The van der Waals surface area contributed by atoms with Crippen LogP contribution in [0.1, 0.15) is 33.6 Å². The van der Waals surface area contributed by atoms with Gasteiger partial charge in [0.25, 0.3) is 0 Å². The highest BCUT2D eigenvalue weighted by atomic mass is 15.0. The topological polar surface area (TPSA) is 17.3 Å². The molecule has 0 aliphatic carbocycles. The summed E-state index contributed by atoms with van der Waals surface area (Å²) in [6, 6.07) is 17.0. The molecule has 0 spiro atoms. The Kier molecular flexibility index (Phi) is 4.39. The zero-order valence-electron chi connectivity index (χ0n) is 15.1. The van der Waals surface area contributed by atoms with Crippen LogP contribution in [0.5, 0.6) is 0 Å². The van der Waals surface area contributed by atoms with Gasteiger partial charge in [-0.3, -0.25) is 4.99 Å². The van der Waals surface area contributed by atoms with E-state index in [1.165, 1.54) is 33.8 Å². The molecule has 0 bridgehead atoms. The van der Waals surface area contributed by atoms with Crippen molar-refractivity contribution in [3.05, 3.63) is 82.2 Å². The smallest absolute Gasteiger partial charge is 0.0659 e. The summed E-state index contributed by atoms with van der Waals surface area (Å²) in [5, 5.41) is 0. The predicted octanol–water partition coefficient (Wildman–Crippen LogP) is 5.77. The number of rotatable bonds is 3. The van der Waals surface area contributed by atoms with Crippen LogP contribution in [-0.4, -0.2) is 10.8 Å². The Morgan fingerprint density at radius 1 is 0.792 bits per heavy atom. The van der Waals surface area contributed by atoms with E-state index >= 15 is 0 Å². The van der Waals surface area contributed by atoms with Crippen molar-refractivity contribution >= 4 is 11.9 Å². The first-order chi connectivity index (χ1) is 11.5. The van der Waals surface area contributed by atoms with Crippen LogP contribution in [0.2, 0.25) is 0 Å². The van der Waals surface area contributed by atoms with Gasteiger partial charge in [0.2, 0.25) is 0 Å². The highest BCUT2D eigenvalue weighted by Gasteiger charge is 2.10. The number of hydrogen-bond acceptors (Lipinski definition) is 1. The maximum Gasteiger partial charge on any atom is 0.0659 e. The number of para-hydroxylation sites is 1. The molecule has 0 saturated carbocycles. The first-order valence-corrected chi connectivity index (χ1v) is 8.33. The minimum absolute atomic E-state index is 1.02. The molecule has 0 N–H and O–H groups in total. The molecule has 0 aliphatic rings. The van der Waals surface area contributed by atoms with E-state index in [1.54, 1.807) is 0 Å². The van der Waals surface area contributed by atoms with E-state index in [2.05, 4.69) is 74.5 Å². The lowest BCUT2D eigenvalue weighted by molar-refractivity contribution is 0.961. The molecule has 1 aromatic heterocycles. The standard InChI is InChI=1S/C22H24N2/c1-15-10-11-21(12-17(15)3)24-18(4)13-20(19(24)5)14-23-22-9-7-6-8-16(22)2/h6-14H,1-5H3. The highest BCUT2D eigenvalue weighted by molar-refractivity contribution is 5.84. The molecule has 24 heavy (non-hydrogen) atoms. The SMILES string of the molecule is Cc1ccc(-n2c(C)cc(C=Nc3ccccc3C)c2C)cc1C. The Labute approximate surface area is 144 Å². The molecule has 0 aliphatic heterocycles. The van der Waals surface area contributed by atoms with Crippen LogP contribution in [0.25, 0.3) is 5.69 Å². The van der Waals surface area contributed by atoms with Gasteiger partial charge in [-0.05, 0) is 75.6 Å². The van der Waals surface area contributed by atoms with Crippen molar-refractivity contribution in [2.45, 2.75) is 34.6 Å². The van der Waals surface area contributed by atoms with Crippen molar-refractivity contribution in [3.8, 4) is 5.69 Å². The zero-order chi connectivity index (χ0) is 17.3. The van der Waals surface area contributed by atoms with E-state index in [0.29, 0.717) is 0 Å². The number of aromatic nitrogens is 1. The second-order valence-corrected chi connectivity index (χ2v) is 6.48. The van der Waals surface area contributed by atoms with Gasteiger partial charge in [0.05, 0.1) is 5.69 Å². The summed E-state index contributed by atoms with van der Waals surface area (Å²) < 4.78 is 2.30. The van der Waals surface area contributed by atoms with Gasteiger partial charge in [0, 0.05) is 28.9 Å². The predicted molar refractivity (Wildman–Crippen MR) is 103 cm³/mol. The van der Waals surface area contributed by atoms with Gasteiger partial charge in [-0.2, -0.15) is 0 Å². The van der Waals surface area contributed by atoms with Crippen molar-refractivity contribution < 1.29 is 0 Å². The Morgan fingerprint density at radius 3 is 2.25 bits per heavy atom. The third-order valence-electron chi connectivity index (χ3n) is 4.68. The minimum Gasteiger partial charge on any atom is -0.318 e. The minimum atomic E-state index is 1.02. The zero-order valence-corrected chi connectivity index (χ0v) is 15.1. The number of aliphatic imine (C=N–C) groups is 1. The van der Waals surface area contributed by atoms with E-state index < -0.39 is 0 Å². The van der Waals surface area contributed by atoms with Gasteiger partial charge < -0.3 is 4.57 Å². The molecular formula is C22H24N2. The van der Waals surface area contributed by atoms with Gasteiger partial charge in [0.15, 0.2) is 0 Å². The van der Waals surface area contributed by atoms with E-state index in [9.17, 15) is 0 Å². The molecule has 0 unspecified atom stereocenters. The van der Waals surface area contributed by atoms with Crippen LogP contribution in [-0.2, 0) is 0 Å².